The highest BCUT2D eigenvalue weighted by atomic mass is 16.6. The molecule has 1 saturated heterocycles. The van der Waals surface area contributed by atoms with Gasteiger partial charge in [0.05, 0.1) is 0 Å². The molecule has 0 aliphatic carbocycles. The van der Waals surface area contributed by atoms with Crippen molar-refractivity contribution < 1.29 is 9.42 Å². The average molecular weight is 365 g/mol. The molecule has 4 rings (SSSR count). The maximum atomic E-state index is 12.4. The molecule has 7 heteroatoms. The van der Waals surface area contributed by atoms with Gasteiger partial charge in [-0.05, 0) is 65.6 Å². The molecule has 2 heterocycles. The molecule has 1 aliphatic rings. The number of piperidine rings is 1. The number of urea groups is 1. The number of hydrogen-bond acceptors (Lipinski definition) is 5. The van der Waals surface area contributed by atoms with Crippen LogP contribution in [0.5, 0.6) is 0 Å². The summed E-state index contributed by atoms with van der Waals surface area (Å²) >= 11 is 0. The summed E-state index contributed by atoms with van der Waals surface area (Å²) in [5.41, 5.74) is 4.33. The molecule has 0 bridgehead atoms. The number of fused-ring (bicyclic) bond motifs is 1. The quantitative estimate of drug-likeness (QED) is 0.723. The molecule has 2 aromatic carbocycles. The second kappa shape index (κ2) is 8.18. The maximum absolute atomic E-state index is 12.4. The monoisotopic (exact) mass is 365 g/mol. The van der Waals surface area contributed by atoms with Gasteiger partial charge in [0, 0.05) is 18.8 Å². The van der Waals surface area contributed by atoms with Crippen LogP contribution in [0.25, 0.3) is 11.0 Å². The van der Waals surface area contributed by atoms with Gasteiger partial charge in [-0.1, -0.05) is 30.7 Å². The van der Waals surface area contributed by atoms with Gasteiger partial charge in [-0.3, -0.25) is 4.90 Å². The number of anilines is 1. The molecular weight excluding hydrogens is 342 g/mol. The third kappa shape index (κ3) is 4.43. The molecule has 3 aromatic rings. The maximum Gasteiger partial charge on any atom is 0.319 e. The molecule has 0 unspecified atom stereocenters. The van der Waals surface area contributed by atoms with Gasteiger partial charge in [-0.2, -0.15) is 0 Å². The summed E-state index contributed by atoms with van der Waals surface area (Å²) in [6, 6.07) is 13.4. The van der Waals surface area contributed by atoms with Crippen molar-refractivity contribution in [1.82, 2.24) is 20.5 Å². The van der Waals surface area contributed by atoms with Crippen molar-refractivity contribution in [3.63, 3.8) is 0 Å². The third-order valence-electron chi connectivity index (χ3n) is 4.88. The first-order valence-corrected chi connectivity index (χ1v) is 9.34. The van der Waals surface area contributed by atoms with Crippen LogP contribution in [-0.2, 0) is 13.1 Å². The highest BCUT2D eigenvalue weighted by Gasteiger charge is 2.13. The predicted octanol–water partition coefficient (Wildman–Crippen LogP) is 3.53. The number of nitrogens with zero attached hydrogens (tertiary/aromatic N) is 3. The molecule has 1 aliphatic heterocycles. The van der Waals surface area contributed by atoms with Crippen LogP contribution in [-0.4, -0.2) is 34.3 Å². The number of nitrogens with one attached hydrogen (secondary N) is 2. The smallest absolute Gasteiger partial charge is 0.319 e. The zero-order valence-electron chi connectivity index (χ0n) is 15.1. The van der Waals surface area contributed by atoms with Crippen molar-refractivity contribution in [2.75, 3.05) is 18.4 Å². The van der Waals surface area contributed by atoms with Crippen molar-refractivity contribution in [2.45, 2.75) is 32.4 Å². The van der Waals surface area contributed by atoms with Crippen molar-refractivity contribution >= 4 is 22.8 Å². The van der Waals surface area contributed by atoms with Crippen LogP contribution in [0.15, 0.2) is 47.1 Å². The minimum atomic E-state index is -0.223. The van der Waals surface area contributed by atoms with E-state index in [4.69, 9.17) is 4.63 Å². The van der Waals surface area contributed by atoms with Crippen molar-refractivity contribution in [3.8, 4) is 0 Å². The van der Waals surface area contributed by atoms with Crippen LogP contribution >= 0.6 is 0 Å². The molecule has 0 radical (unpaired) electrons. The van der Waals surface area contributed by atoms with Gasteiger partial charge < -0.3 is 10.6 Å². The van der Waals surface area contributed by atoms with Gasteiger partial charge in [-0.25, -0.2) is 9.42 Å². The van der Waals surface area contributed by atoms with E-state index in [1.807, 2.05) is 36.4 Å². The lowest BCUT2D eigenvalue weighted by Gasteiger charge is -2.27. The lowest BCUT2D eigenvalue weighted by Crippen LogP contribution is -2.31. The Kier molecular flexibility index (Phi) is 5.29. The number of amides is 2. The summed E-state index contributed by atoms with van der Waals surface area (Å²) in [5.74, 6) is 0. The Bertz CT molecular complexity index is 917. The Balaban J connectivity index is 1.36. The minimum Gasteiger partial charge on any atom is -0.334 e. The van der Waals surface area contributed by atoms with E-state index in [-0.39, 0.29) is 6.03 Å². The molecule has 1 fully saturated rings. The van der Waals surface area contributed by atoms with E-state index in [1.165, 1.54) is 19.3 Å². The van der Waals surface area contributed by atoms with Crippen molar-refractivity contribution in [2.24, 2.45) is 0 Å². The molecule has 27 heavy (non-hydrogen) atoms. The summed E-state index contributed by atoms with van der Waals surface area (Å²) in [6.45, 7) is 3.52. The highest BCUT2D eigenvalue weighted by molar-refractivity contribution is 5.90. The number of aromatic nitrogens is 2. The first-order chi connectivity index (χ1) is 13.3. The summed E-state index contributed by atoms with van der Waals surface area (Å²) in [5, 5.41) is 13.5. The Morgan fingerprint density at radius 2 is 1.85 bits per heavy atom. The Hall–Kier alpha value is -2.93. The lowest BCUT2D eigenvalue weighted by atomic mass is 10.1. The average Bonchev–Trinajstić information content (AvgIpc) is 3.17. The van der Waals surface area contributed by atoms with E-state index in [0.717, 1.165) is 36.4 Å². The number of benzene rings is 2. The normalized spacial score (nSPS) is 15.0. The third-order valence-corrected chi connectivity index (χ3v) is 4.88. The van der Waals surface area contributed by atoms with Crippen LogP contribution < -0.4 is 10.6 Å². The van der Waals surface area contributed by atoms with Gasteiger partial charge >= 0.3 is 6.03 Å². The van der Waals surface area contributed by atoms with E-state index < -0.39 is 0 Å². The van der Waals surface area contributed by atoms with E-state index in [2.05, 4.69) is 31.9 Å². The lowest BCUT2D eigenvalue weighted by molar-refractivity contribution is 0.221. The fourth-order valence-corrected chi connectivity index (χ4v) is 3.43. The highest BCUT2D eigenvalue weighted by Crippen LogP contribution is 2.20. The molecule has 0 saturated carbocycles. The van der Waals surface area contributed by atoms with Gasteiger partial charge in [0.2, 0.25) is 0 Å². The fraction of sp³-hybridized carbons (Fsp3) is 0.350. The Morgan fingerprint density at radius 3 is 2.74 bits per heavy atom. The summed E-state index contributed by atoms with van der Waals surface area (Å²) < 4.78 is 4.70. The van der Waals surface area contributed by atoms with Crippen LogP contribution in [0.3, 0.4) is 0 Å². The summed E-state index contributed by atoms with van der Waals surface area (Å²) in [6.07, 6.45) is 3.82. The number of para-hydroxylation sites is 1. The molecule has 2 amide bonds. The standard InChI is InChI=1S/C20H23N5O2/c26-20(21-13-15-8-9-18-19(12-15)24-27-23-18)22-17-7-3-2-6-16(17)14-25-10-4-1-5-11-25/h2-3,6-9,12H,1,4-5,10-11,13-14H2,(H2,21,22,26). The number of hydrogen-bond donors (Lipinski definition) is 2. The molecule has 1 aromatic heterocycles. The van der Waals surface area contributed by atoms with Gasteiger partial charge in [0.1, 0.15) is 11.0 Å². The van der Waals surface area contributed by atoms with Gasteiger partial charge in [-0.15, -0.1) is 0 Å². The van der Waals surface area contributed by atoms with E-state index >= 15 is 0 Å². The predicted molar refractivity (Wildman–Crippen MR) is 103 cm³/mol. The van der Waals surface area contributed by atoms with E-state index in [0.29, 0.717) is 17.6 Å². The minimum absolute atomic E-state index is 0.223. The molecule has 2 N–H and O–H groups in total. The molecular formula is C20H23N5O2. The van der Waals surface area contributed by atoms with Gasteiger partial charge in [0.15, 0.2) is 0 Å². The van der Waals surface area contributed by atoms with Crippen LogP contribution in [0.2, 0.25) is 0 Å². The molecule has 0 atom stereocenters. The first-order valence-electron chi connectivity index (χ1n) is 9.34. The molecule has 7 nitrogen and oxygen atoms in total. The largest absolute Gasteiger partial charge is 0.334 e. The Morgan fingerprint density at radius 1 is 1.04 bits per heavy atom. The molecule has 140 valence electrons. The van der Waals surface area contributed by atoms with Crippen molar-refractivity contribution in [3.05, 3.63) is 53.6 Å². The fourth-order valence-electron chi connectivity index (χ4n) is 3.43. The van der Waals surface area contributed by atoms with Crippen LogP contribution in [0.1, 0.15) is 30.4 Å². The SMILES string of the molecule is O=C(NCc1ccc2nonc2c1)Nc1ccccc1CN1CCCCC1. The number of carbonyl (C=O) groups excluding carboxylic acids is 1. The topological polar surface area (TPSA) is 83.3 Å². The summed E-state index contributed by atoms with van der Waals surface area (Å²) in [4.78, 5) is 14.8. The number of rotatable bonds is 5. The second-order valence-electron chi connectivity index (χ2n) is 6.89. The zero-order chi connectivity index (χ0) is 18.5. The number of carbonyl (C=O) groups is 1. The van der Waals surface area contributed by atoms with Gasteiger partial charge in [0.25, 0.3) is 0 Å². The zero-order valence-corrected chi connectivity index (χ0v) is 15.1. The van der Waals surface area contributed by atoms with E-state index in [1.54, 1.807) is 0 Å². The Labute approximate surface area is 157 Å². The van der Waals surface area contributed by atoms with Crippen LogP contribution in [0, 0.1) is 0 Å². The van der Waals surface area contributed by atoms with Crippen molar-refractivity contribution in [1.29, 1.82) is 0 Å². The first kappa shape index (κ1) is 17.5. The van der Waals surface area contributed by atoms with E-state index in [9.17, 15) is 4.79 Å². The molecule has 0 spiro atoms. The second-order valence-corrected chi connectivity index (χ2v) is 6.89. The van der Waals surface area contributed by atoms with Crippen LogP contribution in [0.4, 0.5) is 10.5 Å². The summed E-state index contributed by atoms with van der Waals surface area (Å²) in [7, 11) is 0. The number of likely N-dealkylation sites (tertiary alicyclic amines) is 1.